The van der Waals surface area contributed by atoms with Crippen molar-refractivity contribution in [3.05, 3.63) is 29.3 Å². The molecule has 0 aromatic heterocycles. The van der Waals surface area contributed by atoms with E-state index in [9.17, 15) is 0 Å². The molecule has 0 aliphatic carbocycles. The number of aryl methyl sites for hydroxylation is 1. The van der Waals surface area contributed by atoms with Gasteiger partial charge >= 0.3 is 0 Å². The number of benzene rings is 1. The van der Waals surface area contributed by atoms with Gasteiger partial charge in [0, 0.05) is 39.9 Å². The summed E-state index contributed by atoms with van der Waals surface area (Å²) in [6, 6.07) is 6.23. The molecule has 0 aliphatic rings. The number of hydrogen-bond donors (Lipinski definition) is 1. The average Bonchev–Trinajstić information content (AvgIpc) is 2.45. The largest absolute Gasteiger partial charge is 0.491 e. The van der Waals surface area contributed by atoms with Crippen LogP contribution in [0.4, 0.5) is 0 Å². The quantitative estimate of drug-likeness (QED) is 0.475. The van der Waals surface area contributed by atoms with E-state index in [0.717, 1.165) is 17.3 Å². The molecule has 5 heteroatoms. The Bertz CT molecular complexity index is 459. The third-order valence-corrected chi connectivity index (χ3v) is 2.98. The van der Waals surface area contributed by atoms with E-state index in [1.54, 1.807) is 7.05 Å². The second-order valence-electron chi connectivity index (χ2n) is 4.95. The number of nitrogens with zero attached hydrogens (tertiary/aromatic N) is 2. The summed E-state index contributed by atoms with van der Waals surface area (Å²) in [7, 11) is 5.70. The molecule has 0 heterocycles. The van der Waals surface area contributed by atoms with Crippen molar-refractivity contribution < 1.29 is 9.47 Å². The average molecular weight is 293 g/mol. The molecule has 0 radical (unpaired) electrons. The number of ether oxygens (including phenoxy) is 2. The molecule has 0 spiro atoms. The Kier molecular flexibility index (Phi) is 7.61. The van der Waals surface area contributed by atoms with Crippen LogP contribution in [0.15, 0.2) is 23.2 Å². The van der Waals surface area contributed by atoms with Crippen LogP contribution in [-0.4, -0.2) is 51.8 Å². The summed E-state index contributed by atoms with van der Waals surface area (Å²) in [5, 5.41) is 3.31. The highest BCUT2D eigenvalue weighted by Gasteiger charge is 2.06. The first-order valence-corrected chi connectivity index (χ1v) is 7.26. The van der Waals surface area contributed by atoms with Gasteiger partial charge in [-0.1, -0.05) is 12.1 Å². The SMILES string of the molecule is CCOCCOc1cc(C)ccc1CNC(=NC)N(C)C. The van der Waals surface area contributed by atoms with Gasteiger partial charge in [0.25, 0.3) is 0 Å². The van der Waals surface area contributed by atoms with E-state index in [1.807, 2.05) is 25.9 Å². The van der Waals surface area contributed by atoms with Crippen molar-refractivity contribution >= 4 is 5.96 Å². The lowest BCUT2D eigenvalue weighted by Crippen LogP contribution is -2.35. The molecule has 0 unspecified atom stereocenters. The Morgan fingerprint density at radius 3 is 2.67 bits per heavy atom. The third-order valence-electron chi connectivity index (χ3n) is 2.98. The molecule has 0 aliphatic heterocycles. The van der Waals surface area contributed by atoms with Crippen molar-refractivity contribution in [3.63, 3.8) is 0 Å². The van der Waals surface area contributed by atoms with Gasteiger partial charge in [-0.25, -0.2) is 0 Å². The van der Waals surface area contributed by atoms with Crippen LogP contribution in [0.25, 0.3) is 0 Å². The number of hydrogen-bond acceptors (Lipinski definition) is 3. The first-order chi connectivity index (χ1) is 10.1. The summed E-state index contributed by atoms with van der Waals surface area (Å²) in [6.07, 6.45) is 0. The molecule has 1 rings (SSSR count). The van der Waals surface area contributed by atoms with Crippen LogP contribution < -0.4 is 10.1 Å². The predicted octanol–water partition coefficient (Wildman–Crippen LogP) is 2.05. The lowest BCUT2D eigenvalue weighted by atomic mass is 10.1. The standard InChI is InChI=1S/C16H27N3O2/c1-6-20-9-10-21-15-11-13(2)7-8-14(15)12-18-16(17-3)19(4)5/h7-8,11H,6,9-10,12H2,1-5H3,(H,17,18). The maximum atomic E-state index is 5.83. The lowest BCUT2D eigenvalue weighted by molar-refractivity contribution is 0.110. The number of rotatable bonds is 7. The fourth-order valence-corrected chi connectivity index (χ4v) is 1.91. The number of nitrogens with one attached hydrogen (secondary N) is 1. The first kappa shape index (κ1) is 17.3. The fourth-order valence-electron chi connectivity index (χ4n) is 1.91. The molecule has 0 amide bonds. The van der Waals surface area contributed by atoms with Crippen molar-refractivity contribution in [2.24, 2.45) is 4.99 Å². The smallest absolute Gasteiger partial charge is 0.193 e. The summed E-state index contributed by atoms with van der Waals surface area (Å²) in [5.41, 5.74) is 2.29. The second-order valence-corrected chi connectivity index (χ2v) is 4.95. The van der Waals surface area contributed by atoms with Crippen LogP contribution in [0, 0.1) is 6.92 Å². The normalized spacial score (nSPS) is 11.4. The van der Waals surface area contributed by atoms with Crippen molar-refractivity contribution in [2.45, 2.75) is 20.4 Å². The number of aliphatic imine (C=N–C) groups is 1. The van der Waals surface area contributed by atoms with Crippen molar-refractivity contribution in [3.8, 4) is 5.75 Å². The Balaban J connectivity index is 2.67. The van der Waals surface area contributed by atoms with Gasteiger partial charge in [0.15, 0.2) is 5.96 Å². The lowest BCUT2D eigenvalue weighted by Gasteiger charge is -2.18. The number of guanidine groups is 1. The van der Waals surface area contributed by atoms with E-state index in [0.29, 0.717) is 26.4 Å². The summed E-state index contributed by atoms with van der Waals surface area (Å²) in [6.45, 7) is 6.60. The molecule has 5 nitrogen and oxygen atoms in total. The zero-order valence-corrected chi connectivity index (χ0v) is 13.8. The minimum atomic E-state index is 0.562. The highest BCUT2D eigenvalue weighted by atomic mass is 16.5. The van der Waals surface area contributed by atoms with E-state index in [-0.39, 0.29) is 0 Å². The Labute approximate surface area is 128 Å². The van der Waals surface area contributed by atoms with E-state index >= 15 is 0 Å². The molecule has 0 saturated heterocycles. The topological polar surface area (TPSA) is 46.1 Å². The van der Waals surface area contributed by atoms with E-state index < -0.39 is 0 Å². The second kappa shape index (κ2) is 9.23. The summed E-state index contributed by atoms with van der Waals surface area (Å²) < 4.78 is 11.1. The maximum absolute atomic E-state index is 5.83. The maximum Gasteiger partial charge on any atom is 0.193 e. The fraction of sp³-hybridized carbons (Fsp3) is 0.562. The monoisotopic (exact) mass is 293 g/mol. The van der Waals surface area contributed by atoms with Gasteiger partial charge in [-0.3, -0.25) is 4.99 Å². The molecule has 21 heavy (non-hydrogen) atoms. The molecule has 1 N–H and O–H groups in total. The minimum absolute atomic E-state index is 0.562. The third kappa shape index (κ3) is 6.04. The molecule has 0 bridgehead atoms. The minimum Gasteiger partial charge on any atom is -0.491 e. The molecular formula is C16H27N3O2. The van der Waals surface area contributed by atoms with Gasteiger partial charge in [0.2, 0.25) is 0 Å². The Morgan fingerprint density at radius 2 is 2.05 bits per heavy atom. The van der Waals surface area contributed by atoms with Crippen LogP contribution >= 0.6 is 0 Å². The van der Waals surface area contributed by atoms with Crippen LogP contribution in [0.3, 0.4) is 0 Å². The van der Waals surface area contributed by atoms with Crippen molar-refractivity contribution in [2.75, 3.05) is 41.0 Å². The van der Waals surface area contributed by atoms with E-state index in [1.165, 1.54) is 5.56 Å². The predicted molar refractivity (Wildman–Crippen MR) is 87.1 cm³/mol. The van der Waals surface area contributed by atoms with Crippen LogP contribution in [0.2, 0.25) is 0 Å². The molecule has 1 aromatic rings. The molecule has 0 saturated carbocycles. The summed E-state index contributed by atoms with van der Waals surface area (Å²) in [5.74, 6) is 1.74. The molecule has 0 atom stereocenters. The van der Waals surface area contributed by atoms with Crippen LogP contribution in [0.1, 0.15) is 18.1 Å². The highest BCUT2D eigenvalue weighted by molar-refractivity contribution is 5.79. The van der Waals surface area contributed by atoms with Crippen LogP contribution in [0.5, 0.6) is 5.75 Å². The summed E-state index contributed by atoms with van der Waals surface area (Å²) in [4.78, 5) is 6.16. The van der Waals surface area contributed by atoms with Gasteiger partial charge < -0.3 is 19.7 Å². The van der Waals surface area contributed by atoms with Gasteiger partial charge in [0.1, 0.15) is 12.4 Å². The molecule has 0 fully saturated rings. The first-order valence-electron chi connectivity index (χ1n) is 7.26. The van der Waals surface area contributed by atoms with Crippen LogP contribution in [-0.2, 0) is 11.3 Å². The van der Waals surface area contributed by atoms with Crippen molar-refractivity contribution in [1.82, 2.24) is 10.2 Å². The van der Waals surface area contributed by atoms with Gasteiger partial charge in [-0.05, 0) is 25.5 Å². The highest BCUT2D eigenvalue weighted by Crippen LogP contribution is 2.20. The molecule has 118 valence electrons. The molecule has 1 aromatic carbocycles. The van der Waals surface area contributed by atoms with E-state index in [4.69, 9.17) is 9.47 Å². The van der Waals surface area contributed by atoms with Gasteiger partial charge in [-0.15, -0.1) is 0 Å². The Morgan fingerprint density at radius 1 is 1.29 bits per heavy atom. The zero-order chi connectivity index (χ0) is 15.7. The summed E-state index contributed by atoms with van der Waals surface area (Å²) >= 11 is 0. The Hall–Kier alpha value is -1.75. The van der Waals surface area contributed by atoms with Crippen molar-refractivity contribution in [1.29, 1.82) is 0 Å². The van der Waals surface area contributed by atoms with Gasteiger partial charge in [0.05, 0.1) is 6.61 Å². The zero-order valence-electron chi connectivity index (χ0n) is 13.8. The van der Waals surface area contributed by atoms with Gasteiger partial charge in [-0.2, -0.15) is 0 Å². The van der Waals surface area contributed by atoms with E-state index in [2.05, 4.69) is 35.4 Å². The molecular weight excluding hydrogens is 266 g/mol.